The van der Waals surface area contributed by atoms with Gasteiger partial charge in [0.1, 0.15) is 6.61 Å². The third-order valence-electron chi connectivity index (χ3n) is 2.38. The molecule has 0 N–H and O–H groups in total. The molecule has 0 saturated heterocycles. The smallest absolute Gasteiger partial charge is 0.373 e. The van der Waals surface area contributed by atoms with Crippen molar-refractivity contribution in [1.29, 1.82) is 0 Å². The van der Waals surface area contributed by atoms with E-state index < -0.39 is 5.97 Å². The molecule has 0 atom stereocenters. The summed E-state index contributed by atoms with van der Waals surface area (Å²) < 4.78 is 5.26. The summed E-state index contributed by atoms with van der Waals surface area (Å²) in [6.45, 7) is 5.46. The Labute approximate surface area is 108 Å². The van der Waals surface area contributed by atoms with Gasteiger partial charge in [-0.15, -0.1) is 0 Å². The van der Waals surface area contributed by atoms with Gasteiger partial charge in [-0.25, -0.2) is 4.79 Å². The molecule has 0 aliphatic heterocycles. The Kier molecular flexibility index (Phi) is 7.06. The summed E-state index contributed by atoms with van der Waals surface area (Å²) in [6, 6.07) is 7.12. The van der Waals surface area contributed by atoms with E-state index in [1.807, 2.05) is 19.1 Å². The van der Waals surface area contributed by atoms with Crippen LogP contribution in [0.4, 0.5) is 0 Å². The third-order valence-corrected chi connectivity index (χ3v) is 2.38. The van der Waals surface area contributed by atoms with Gasteiger partial charge in [0.05, 0.1) is 12.2 Å². The van der Waals surface area contributed by atoms with E-state index in [1.54, 1.807) is 12.1 Å². The summed E-state index contributed by atoms with van der Waals surface area (Å²) in [5.74, 6) is -0.483. The molecule has 0 heterocycles. The van der Waals surface area contributed by atoms with E-state index >= 15 is 0 Å². The second-order valence-corrected chi connectivity index (χ2v) is 4.02. The topological polar surface area (TPSA) is 44.8 Å². The van der Waals surface area contributed by atoms with Crippen LogP contribution in [0, 0.1) is 6.92 Å². The van der Waals surface area contributed by atoms with Gasteiger partial charge < -0.3 is 4.74 Å². The molecule has 1 aromatic carbocycles. The predicted octanol–water partition coefficient (Wildman–Crippen LogP) is 2.90. The van der Waals surface area contributed by atoms with E-state index in [-0.39, 0.29) is 6.61 Å². The molecule has 0 radical (unpaired) electrons. The van der Waals surface area contributed by atoms with Gasteiger partial charge in [0.2, 0.25) is 0 Å². The number of ether oxygens (including phenoxy) is 1. The van der Waals surface area contributed by atoms with E-state index in [2.05, 4.69) is 11.8 Å². The molecule has 0 spiro atoms. The first-order valence-corrected chi connectivity index (χ1v) is 6.22. The second kappa shape index (κ2) is 8.66. The molecular weight excluding hydrogens is 232 g/mol. The van der Waals surface area contributed by atoms with Crippen LogP contribution in [-0.2, 0) is 14.5 Å². The lowest BCUT2D eigenvalue weighted by atomic mass is 10.2. The number of hydrogen-bond donors (Lipinski definition) is 0. The molecule has 0 amide bonds. The van der Waals surface area contributed by atoms with Crippen LogP contribution in [0.15, 0.2) is 24.3 Å². The molecule has 18 heavy (non-hydrogen) atoms. The number of hydrogen-bond acceptors (Lipinski definition) is 4. The van der Waals surface area contributed by atoms with E-state index in [1.165, 1.54) is 0 Å². The zero-order valence-corrected chi connectivity index (χ0v) is 11.0. The van der Waals surface area contributed by atoms with Crippen LogP contribution in [0.2, 0.25) is 0 Å². The van der Waals surface area contributed by atoms with Crippen molar-refractivity contribution < 1.29 is 19.3 Å². The highest BCUT2D eigenvalue weighted by Crippen LogP contribution is 2.04. The molecule has 4 heteroatoms. The molecule has 0 unspecified atom stereocenters. The molecule has 4 nitrogen and oxygen atoms in total. The highest BCUT2D eigenvalue weighted by atomic mass is 17.2. The number of unbranched alkanes of at least 4 members (excludes halogenated alkanes) is 1. The van der Waals surface area contributed by atoms with Gasteiger partial charge in [-0.2, -0.15) is 4.89 Å². The molecule has 0 aromatic heterocycles. The first-order valence-electron chi connectivity index (χ1n) is 6.22. The lowest BCUT2D eigenvalue weighted by Gasteiger charge is -2.05. The lowest BCUT2D eigenvalue weighted by molar-refractivity contribution is -0.247. The first-order chi connectivity index (χ1) is 8.74. The Hall–Kier alpha value is -1.39. The van der Waals surface area contributed by atoms with Crippen molar-refractivity contribution in [3.05, 3.63) is 35.4 Å². The number of aryl methyl sites for hydroxylation is 1. The molecule has 0 aliphatic rings. The largest absolute Gasteiger partial charge is 0.379 e. The van der Waals surface area contributed by atoms with Crippen molar-refractivity contribution in [2.45, 2.75) is 26.7 Å². The minimum atomic E-state index is -0.483. The minimum absolute atomic E-state index is 0.251. The Morgan fingerprint density at radius 3 is 2.50 bits per heavy atom. The summed E-state index contributed by atoms with van der Waals surface area (Å²) >= 11 is 0. The summed E-state index contributed by atoms with van der Waals surface area (Å²) in [5.41, 5.74) is 1.57. The zero-order valence-electron chi connectivity index (χ0n) is 11.0. The SMILES string of the molecule is CCCCOCCOOC(=O)c1ccc(C)cc1. The van der Waals surface area contributed by atoms with E-state index in [0.717, 1.165) is 18.4 Å². The van der Waals surface area contributed by atoms with Gasteiger partial charge in [0.15, 0.2) is 0 Å². The number of benzene rings is 1. The van der Waals surface area contributed by atoms with Gasteiger partial charge in [-0.1, -0.05) is 31.0 Å². The first kappa shape index (κ1) is 14.7. The maximum absolute atomic E-state index is 11.5. The Bertz CT molecular complexity index is 345. The van der Waals surface area contributed by atoms with Crippen LogP contribution in [0.1, 0.15) is 35.7 Å². The zero-order chi connectivity index (χ0) is 13.2. The van der Waals surface area contributed by atoms with Crippen LogP contribution >= 0.6 is 0 Å². The Morgan fingerprint density at radius 2 is 1.83 bits per heavy atom. The average molecular weight is 252 g/mol. The highest BCUT2D eigenvalue weighted by Gasteiger charge is 2.07. The van der Waals surface area contributed by atoms with Crippen molar-refractivity contribution in [3.8, 4) is 0 Å². The fraction of sp³-hybridized carbons (Fsp3) is 0.500. The van der Waals surface area contributed by atoms with Crippen molar-refractivity contribution in [2.75, 3.05) is 19.8 Å². The quantitative estimate of drug-likeness (QED) is 0.405. The molecule has 0 fully saturated rings. The van der Waals surface area contributed by atoms with Crippen LogP contribution in [0.25, 0.3) is 0 Å². The van der Waals surface area contributed by atoms with E-state index in [4.69, 9.17) is 9.62 Å². The Morgan fingerprint density at radius 1 is 1.11 bits per heavy atom. The van der Waals surface area contributed by atoms with Crippen molar-refractivity contribution in [2.24, 2.45) is 0 Å². The van der Waals surface area contributed by atoms with Gasteiger partial charge in [0.25, 0.3) is 0 Å². The van der Waals surface area contributed by atoms with Crippen molar-refractivity contribution >= 4 is 5.97 Å². The third kappa shape index (κ3) is 5.80. The fourth-order valence-corrected chi connectivity index (χ4v) is 1.27. The summed E-state index contributed by atoms with van der Waals surface area (Å²) in [6.07, 6.45) is 2.13. The van der Waals surface area contributed by atoms with Gasteiger partial charge in [-0.05, 0) is 25.5 Å². The van der Waals surface area contributed by atoms with Crippen LogP contribution in [-0.4, -0.2) is 25.8 Å². The summed E-state index contributed by atoms with van der Waals surface area (Å²) in [4.78, 5) is 20.9. The summed E-state index contributed by atoms with van der Waals surface area (Å²) in [5, 5.41) is 0. The van der Waals surface area contributed by atoms with Crippen LogP contribution < -0.4 is 0 Å². The van der Waals surface area contributed by atoms with Gasteiger partial charge in [0, 0.05) is 6.61 Å². The van der Waals surface area contributed by atoms with Gasteiger partial charge >= 0.3 is 5.97 Å². The number of rotatable bonds is 8. The molecule has 100 valence electrons. The minimum Gasteiger partial charge on any atom is -0.379 e. The van der Waals surface area contributed by atoms with E-state index in [9.17, 15) is 4.79 Å². The fourth-order valence-electron chi connectivity index (χ4n) is 1.27. The summed E-state index contributed by atoms with van der Waals surface area (Å²) in [7, 11) is 0. The number of carbonyl (C=O) groups is 1. The van der Waals surface area contributed by atoms with E-state index in [0.29, 0.717) is 18.8 Å². The molecule has 0 bridgehead atoms. The van der Waals surface area contributed by atoms with Crippen molar-refractivity contribution in [1.82, 2.24) is 0 Å². The second-order valence-electron chi connectivity index (χ2n) is 4.02. The van der Waals surface area contributed by atoms with Crippen LogP contribution in [0.3, 0.4) is 0 Å². The monoisotopic (exact) mass is 252 g/mol. The highest BCUT2D eigenvalue weighted by molar-refractivity contribution is 5.88. The predicted molar refractivity (Wildman–Crippen MR) is 68.3 cm³/mol. The molecule has 0 aliphatic carbocycles. The van der Waals surface area contributed by atoms with Crippen molar-refractivity contribution in [3.63, 3.8) is 0 Å². The normalized spacial score (nSPS) is 10.3. The molecule has 1 rings (SSSR count). The maximum atomic E-state index is 11.5. The number of carbonyl (C=O) groups excluding carboxylic acids is 1. The maximum Gasteiger partial charge on any atom is 0.373 e. The molecular formula is C14H20O4. The molecule has 0 saturated carbocycles. The lowest BCUT2D eigenvalue weighted by Crippen LogP contribution is -2.10. The van der Waals surface area contributed by atoms with Crippen LogP contribution in [0.5, 0.6) is 0 Å². The van der Waals surface area contributed by atoms with Gasteiger partial charge in [-0.3, -0.25) is 4.89 Å². The standard InChI is InChI=1S/C14H20O4/c1-3-4-9-16-10-11-17-18-14(15)13-7-5-12(2)6-8-13/h5-8H,3-4,9-11H2,1-2H3. The Balaban J connectivity index is 2.12. The average Bonchev–Trinajstić information content (AvgIpc) is 2.38. The molecule has 1 aromatic rings.